The molecule has 0 fully saturated rings. The third-order valence-electron chi connectivity index (χ3n) is 3.09. The van der Waals surface area contributed by atoms with Crippen molar-refractivity contribution in [1.82, 2.24) is 9.97 Å². The van der Waals surface area contributed by atoms with E-state index in [1.807, 2.05) is 6.92 Å². The van der Waals surface area contributed by atoms with Gasteiger partial charge in [-0.15, -0.1) is 0 Å². The molecule has 20 heavy (non-hydrogen) atoms. The standard InChI is InChI=1S/C16H20IN3/c1-4-9-18-16-15(17)12(3)19-14(20-16)10-13-7-5-11(2)6-8-13/h5-8H,4,9-10H2,1-3H3,(H,18,19,20). The molecule has 0 radical (unpaired) electrons. The number of hydrogen-bond acceptors (Lipinski definition) is 3. The van der Waals surface area contributed by atoms with Gasteiger partial charge in [0.25, 0.3) is 0 Å². The molecule has 2 rings (SSSR count). The minimum Gasteiger partial charge on any atom is -0.369 e. The molecule has 0 bridgehead atoms. The quantitative estimate of drug-likeness (QED) is 0.793. The van der Waals surface area contributed by atoms with Crippen LogP contribution < -0.4 is 5.32 Å². The highest BCUT2D eigenvalue weighted by molar-refractivity contribution is 14.1. The molecule has 0 aliphatic rings. The van der Waals surface area contributed by atoms with Crippen LogP contribution in [0.3, 0.4) is 0 Å². The third-order valence-corrected chi connectivity index (χ3v) is 4.38. The van der Waals surface area contributed by atoms with E-state index in [1.54, 1.807) is 0 Å². The molecule has 0 aliphatic carbocycles. The SMILES string of the molecule is CCCNc1nc(Cc2ccc(C)cc2)nc(C)c1I. The van der Waals surface area contributed by atoms with Gasteiger partial charge in [-0.2, -0.15) is 0 Å². The highest BCUT2D eigenvalue weighted by Gasteiger charge is 2.09. The summed E-state index contributed by atoms with van der Waals surface area (Å²) in [6, 6.07) is 8.55. The molecule has 0 spiro atoms. The van der Waals surface area contributed by atoms with E-state index in [4.69, 9.17) is 0 Å². The number of aromatic nitrogens is 2. The second-order valence-corrected chi connectivity index (χ2v) is 6.06. The van der Waals surface area contributed by atoms with E-state index in [0.717, 1.165) is 40.3 Å². The van der Waals surface area contributed by atoms with Crippen molar-refractivity contribution in [3.8, 4) is 0 Å². The predicted octanol–water partition coefficient (Wildman–Crippen LogP) is 4.11. The van der Waals surface area contributed by atoms with Gasteiger partial charge in [-0.05, 0) is 48.4 Å². The van der Waals surface area contributed by atoms with Crippen molar-refractivity contribution in [3.63, 3.8) is 0 Å². The van der Waals surface area contributed by atoms with Crippen molar-refractivity contribution in [2.45, 2.75) is 33.6 Å². The fourth-order valence-electron chi connectivity index (χ4n) is 1.95. The number of benzene rings is 1. The van der Waals surface area contributed by atoms with Crippen molar-refractivity contribution in [1.29, 1.82) is 0 Å². The number of rotatable bonds is 5. The van der Waals surface area contributed by atoms with Gasteiger partial charge >= 0.3 is 0 Å². The number of nitrogens with zero attached hydrogens (tertiary/aromatic N) is 2. The van der Waals surface area contributed by atoms with E-state index in [-0.39, 0.29) is 0 Å². The molecule has 0 atom stereocenters. The molecule has 2 aromatic rings. The second-order valence-electron chi connectivity index (χ2n) is 4.98. The van der Waals surface area contributed by atoms with Gasteiger partial charge < -0.3 is 5.32 Å². The van der Waals surface area contributed by atoms with Gasteiger partial charge in [-0.1, -0.05) is 36.8 Å². The van der Waals surface area contributed by atoms with Crippen molar-refractivity contribution in [2.75, 3.05) is 11.9 Å². The van der Waals surface area contributed by atoms with Crippen LogP contribution in [0.5, 0.6) is 0 Å². The largest absolute Gasteiger partial charge is 0.369 e. The van der Waals surface area contributed by atoms with E-state index in [1.165, 1.54) is 11.1 Å². The molecular weight excluding hydrogens is 361 g/mol. The first kappa shape index (κ1) is 15.2. The fourth-order valence-corrected chi connectivity index (χ4v) is 2.38. The first-order valence-corrected chi connectivity index (χ1v) is 8.00. The van der Waals surface area contributed by atoms with Crippen molar-refractivity contribution < 1.29 is 0 Å². The Labute approximate surface area is 134 Å². The Bertz CT molecular complexity index is 579. The normalized spacial score (nSPS) is 10.6. The summed E-state index contributed by atoms with van der Waals surface area (Å²) < 4.78 is 1.11. The Balaban J connectivity index is 2.23. The molecule has 1 heterocycles. The predicted molar refractivity (Wildman–Crippen MR) is 92.3 cm³/mol. The van der Waals surface area contributed by atoms with Crippen LogP contribution in [0.15, 0.2) is 24.3 Å². The molecule has 1 aromatic heterocycles. The molecular formula is C16H20IN3. The molecule has 3 nitrogen and oxygen atoms in total. The topological polar surface area (TPSA) is 37.8 Å². The Morgan fingerprint density at radius 1 is 1.10 bits per heavy atom. The van der Waals surface area contributed by atoms with Crippen LogP contribution in [0.25, 0.3) is 0 Å². The zero-order valence-corrected chi connectivity index (χ0v) is 14.4. The highest BCUT2D eigenvalue weighted by Crippen LogP contribution is 2.19. The molecule has 106 valence electrons. The van der Waals surface area contributed by atoms with Gasteiger partial charge in [0, 0.05) is 13.0 Å². The maximum absolute atomic E-state index is 4.66. The van der Waals surface area contributed by atoms with Crippen molar-refractivity contribution in [3.05, 3.63) is 50.5 Å². The first-order chi connectivity index (χ1) is 9.60. The Morgan fingerprint density at radius 3 is 2.45 bits per heavy atom. The maximum Gasteiger partial charge on any atom is 0.143 e. The number of halogens is 1. The minimum atomic E-state index is 0.777. The average Bonchev–Trinajstić information content (AvgIpc) is 2.43. The monoisotopic (exact) mass is 381 g/mol. The van der Waals surface area contributed by atoms with E-state index in [9.17, 15) is 0 Å². The molecule has 4 heteroatoms. The fraction of sp³-hybridized carbons (Fsp3) is 0.375. The second kappa shape index (κ2) is 7.02. The molecule has 0 aliphatic heterocycles. The average molecular weight is 381 g/mol. The Hall–Kier alpha value is -1.17. The molecule has 0 saturated carbocycles. The van der Waals surface area contributed by atoms with Crippen LogP contribution in [-0.4, -0.2) is 16.5 Å². The van der Waals surface area contributed by atoms with Crippen LogP contribution in [0.4, 0.5) is 5.82 Å². The molecule has 1 N–H and O–H groups in total. The Morgan fingerprint density at radius 2 is 1.80 bits per heavy atom. The summed E-state index contributed by atoms with van der Waals surface area (Å²) in [5.74, 6) is 1.84. The molecule has 1 aromatic carbocycles. The molecule has 0 amide bonds. The number of anilines is 1. The molecule has 0 unspecified atom stereocenters. The number of aryl methyl sites for hydroxylation is 2. The lowest BCUT2D eigenvalue weighted by Gasteiger charge is -2.11. The van der Waals surface area contributed by atoms with E-state index in [0.29, 0.717) is 0 Å². The van der Waals surface area contributed by atoms with E-state index < -0.39 is 0 Å². The van der Waals surface area contributed by atoms with Crippen LogP contribution in [0.2, 0.25) is 0 Å². The van der Waals surface area contributed by atoms with Crippen LogP contribution in [-0.2, 0) is 6.42 Å². The summed E-state index contributed by atoms with van der Waals surface area (Å²) >= 11 is 2.31. The summed E-state index contributed by atoms with van der Waals surface area (Å²) in [6.07, 6.45) is 1.87. The van der Waals surface area contributed by atoms with Crippen LogP contribution >= 0.6 is 22.6 Å². The van der Waals surface area contributed by atoms with E-state index in [2.05, 4.69) is 76.0 Å². The zero-order chi connectivity index (χ0) is 14.5. The summed E-state index contributed by atoms with van der Waals surface area (Å²) in [7, 11) is 0. The zero-order valence-electron chi connectivity index (χ0n) is 12.2. The van der Waals surface area contributed by atoms with Crippen molar-refractivity contribution >= 4 is 28.4 Å². The summed E-state index contributed by atoms with van der Waals surface area (Å²) in [5, 5.41) is 3.38. The Kier molecular flexibility index (Phi) is 5.34. The molecule has 0 saturated heterocycles. The minimum absolute atomic E-state index is 0.777. The first-order valence-electron chi connectivity index (χ1n) is 6.92. The van der Waals surface area contributed by atoms with Gasteiger partial charge in [-0.25, -0.2) is 9.97 Å². The lowest BCUT2D eigenvalue weighted by molar-refractivity contribution is 0.909. The smallest absolute Gasteiger partial charge is 0.143 e. The van der Waals surface area contributed by atoms with Gasteiger partial charge in [0.1, 0.15) is 11.6 Å². The van der Waals surface area contributed by atoms with Crippen molar-refractivity contribution in [2.24, 2.45) is 0 Å². The third kappa shape index (κ3) is 3.91. The lowest BCUT2D eigenvalue weighted by Crippen LogP contribution is -2.09. The van der Waals surface area contributed by atoms with Gasteiger partial charge in [-0.3, -0.25) is 0 Å². The number of hydrogen-bond donors (Lipinski definition) is 1. The summed E-state index contributed by atoms with van der Waals surface area (Å²) in [6.45, 7) is 7.23. The summed E-state index contributed by atoms with van der Waals surface area (Å²) in [4.78, 5) is 9.26. The van der Waals surface area contributed by atoms with E-state index >= 15 is 0 Å². The van der Waals surface area contributed by atoms with Crippen LogP contribution in [0.1, 0.15) is 36.0 Å². The lowest BCUT2D eigenvalue weighted by atomic mass is 10.1. The van der Waals surface area contributed by atoms with Gasteiger partial charge in [0.05, 0.1) is 9.26 Å². The highest BCUT2D eigenvalue weighted by atomic mass is 127. The maximum atomic E-state index is 4.66. The van der Waals surface area contributed by atoms with Crippen LogP contribution in [0, 0.1) is 17.4 Å². The van der Waals surface area contributed by atoms with Gasteiger partial charge in [0.2, 0.25) is 0 Å². The van der Waals surface area contributed by atoms with Gasteiger partial charge in [0.15, 0.2) is 0 Å². The summed E-state index contributed by atoms with van der Waals surface area (Å²) in [5.41, 5.74) is 3.57. The number of nitrogens with one attached hydrogen (secondary N) is 1.